The van der Waals surface area contributed by atoms with E-state index in [4.69, 9.17) is 39.5 Å². The molecule has 0 bridgehead atoms. The van der Waals surface area contributed by atoms with Crippen LogP contribution >= 0.6 is 34.8 Å². The molecule has 2 N–H and O–H groups in total. The number of nitrogens with zero attached hydrogens (tertiary/aromatic N) is 2. The van der Waals surface area contributed by atoms with E-state index in [1.165, 1.54) is 24.3 Å². The summed E-state index contributed by atoms with van der Waals surface area (Å²) in [5, 5.41) is 11.3. The summed E-state index contributed by atoms with van der Waals surface area (Å²) in [6.45, 7) is 4.86. The van der Waals surface area contributed by atoms with Gasteiger partial charge in [0.05, 0.1) is 38.8 Å². The Morgan fingerprint density at radius 2 is 1.80 bits per heavy atom. The van der Waals surface area contributed by atoms with Crippen molar-refractivity contribution in [1.29, 1.82) is 0 Å². The third kappa shape index (κ3) is 7.46. The van der Waals surface area contributed by atoms with Gasteiger partial charge in [0.2, 0.25) is 0 Å². The van der Waals surface area contributed by atoms with Crippen LogP contribution in [0.5, 0.6) is 5.75 Å². The number of carbonyl (C=O) groups excluding carboxylic acids is 1. The summed E-state index contributed by atoms with van der Waals surface area (Å²) in [7, 11) is -2.09. The first kappa shape index (κ1) is 31.4. The van der Waals surface area contributed by atoms with E-state index in [0.29, 0.717) is 34.7 Å². The van der Waals surface area contributed by atoms with Crippen LogP contribution in [-0.4, -0.2) is 68.1 Å². The van der Waals surface area contributed by atoms with Crippen LogP contribution in [0.3, 0.4) is 0 Å². The van der Waals surface area contributed by atoms with Crippen molar-refractivity contribution < 1.29 is 23.1 Å². The number of fused-ring (bicyclic) bond motifs is 1. The van der Waals surface area contributed by atoms with Gasteiger partial charge in [-0.2, -0.15) is 0 Å². The molecular weight excluding hydrogens is 609 g/mol. The van der Waals surface area contributed by atoms with Crippen LogP contribution in [0.1, 0.15) is 29.8 Å². The van der Waals surface area contributed by atoms with Gasteiger partial charge < -0.3 is 14.7 Å². The Morgan fingerprint density at radius 1 is 1.10 bits per heavy atom. The number of sulfonamides is 1. The number of hydrogen-bond donors (Lipinski definition) is 2. The number of ether oxygens (including phenoxy) is 1. The minimum atomic E-state index is -4.03. The van der Waals surface area contributed by atoms with Crippen molar-refractivity contribution in [3.8, 4) is 5.75 Å². The number of anilines is 1. The van der Waals surface area contributed by atoms with E-state index in [1.807, 2.05) is 26.1 Å². The lowest BCUT2D eigenvalue weighted by Crippen LogP contribution is -2.49. The summed E-state index contributed by atoms with van der Waals surface area (Å²) in [6.07, 6.45) is -0.441. The highest BCUT2D eigenvalue weighted by molar-refractivity contribution is 7.92. The van der Waals surface area contributed by atoms with Gasteiger partial charge in [0.15, 0.2) is 5.75 Å². The Labute approximate surface area is 255 Å². The fourth-order valence-electron chi connectivity index (χ4n) is 4.68. The number of rotatable bonds is 9. The van der Waals surface area contributed by atoms with Crippen LogP contribution in [-0.2, 0) is 16.6 Å². The molecule has 0 radical (unpaired) electrons. The summed E-state index contributed by atoms with van der Waals surface area (Å²) in [6, 6.07) is 15.5. The second-order valence-corrected chi connectivity index (χ2v) is 13.2. The minimum absolute atomic E-state index is 0.0125. The fraction of sp³-hybridized carbons (Fsp3) is 0.345. The maximum atomic E-state index is 13.7. The lowest BCUT2D eigenvalue weighted by molar-refractivity contribution is 0.0344. The molecule has 0 unspecified atom stereocenters. The van der Waals surface area contributed by atoms with Crippen molar-refractivity contribution in [2.24, 2.45) is 5.92 Å². The first-order valence-electron chi connectivity index (χ1n) is 13.0. The summed E-state index contributed by atoms with van der Waals surface area (Å²) >= 11 is 18.2. The Balaban J connectivity index is 1.70. The van der Waals surface area contributed by atoms with Gasteiger partial charge in [-0.25, -0.2) is 8.42 Å². The number of amides is 1. The van der Waals surface area contributed by atoms with Crippen LogP contribution in [0.2, 0.25) is 15.1 Å². The number of nitrogens with one attached hydrogen (secondary N) is 1. The van der Waals surface area contributed by atoms with Gasteiger partial charge in [0.25, 0.3) is 15.9 Å². The molecule has 0 aromatic heterocycles. The normalized spacial score (nSPS) is 18.3. The van der Waals surface area contributed by atoms with Crippen LogP contribution in [0, 0.1) is 5.92 Å². The molecule has 0 fully saturated rings. The zero-order valence-electron chi connectivity index (χ0n) is 22.9. The first-order valence-corrected chi connectivity index (χ1v) is 15.6. The average molecular weight is 641 g/mol. The van der Waals surface area contributed by atoms with E-state index in [2.05, 4.69) is 9.62 Å². The molecule has 0 aliphatic carbocycles. The van der Waals surface area contributed by atoms with E-state index < -0.39 is 22.2 Å². The van der Waals surface area contributed by atoms with Crippen molar-refractivity contribution in [2.75, 3.05) is 31.5 Å². The molecule has 3 aromatic carbocycles. The maximum Gasteiger partial charge on any atom is 0.262 e. The molecule has 8 nitrogen and oxygen atoms in total. The smallest absolute Gasteiger partial charge is 0.262 e. The van der Waals surface area contributed by atoms with E-state index in [9.17, 15) is 18.3 Å². The molecule has 220 valence electrons. The topological polar surface area (TPSA) is 99.2 Å². The molecule has 3 aromatic rings. The van der Waals surface area contributed by atoms with Crippen LogP contribution in [0.15, 0.2) is 65.6 Å². The van der Waals surface area contributed by atoms with E-state index in [-0.39, 0.29) is 40.3 Å². The number of halogens is 3. The highest BCUT2D eigenvalue weighted by atomic mass is 35.5. The van der Waals surface area contributed by atoms with E-state index in [0.717, 1.165) is 5.56 Å². The zero-order valence-corrected chi connectivity index (χ0v) is 25.9. The summed E-state index contributed by atoms with van der Waals surface area (Å²) in [5.41, 5.74) is 1.29. The molecule has 41 heavy (non-hydrogen) atoms. The summed E-state index contributed by atoms with van der Waals surface area (Å²) in [5.74, 6) is -0.397. The lowest BCUT2D eigenvalue weighted by atomic mass is 9.99. The molecule has 1 aliphatic heterocycles. The predicted octanol–water partition coefficient (Wildman–Crippen LogP) is 5.80. The molecule has 0 saturated carbocycles. The Hall–Kier alpha value is -2.53. The number of para-hydroxylation sites is 1. The summed E-state index contributed by atoms with van der Waals surface area (Å²) in [4.78, 5) is 17.4. The Morgan fingerprint density at radius 3 is 2.46 bits per heavy atom. The second kappa shape index (κ2) is 13.2. The molecule has 1 aliphatic rings. The number of benzene rings is 3. The number of likely N-dealkylation sites (N-methyl/N-ethyl adjacent to an activating group) is 1. The fourth-order valence-corrected chi connectivity index (χ4v) is 6.19. The SMILES string of the molecule is C[C@@H]1CN([C@@H](C)CO)C(=O)c2cccc(NS(=O)(=O)c3ccc(Cl)cc3)c2O[C@@H]1CN(C)Cc1ccc(Cl)c(Cl)c1. The number of aliphatic hydroxyl groups is 1. The number of carbonyl (C=O) groups is 1. The molecular formula is C29H32Cl3N3O5S. The van der Waals surface area contributed by atoms with Crippen molar-refractivity contribution >= 4 is 56.4 Å². The number of hydrogen-bond acceptors (Lipinski definition) is 6. The van der Waals surface area contributed by atoms with Gasteiger partial charge >= 0.3 is 0 Å². The first-order chi connectivity index (χ1) is 19.4. The van der Waals surface area contributed by atoms with Crippen LogP contribution in [0.4, 0.5) is 5.69 Å². The van der Waals surface area contributed by atoms with Crippen LogP contribution in [0.25, 0.3) is 0 Å². The minimum Gasteiger partial charge on any atom is -0.486 e. The zero-order chi connectivity index (χ0) is 29.9. The van der Waals surface area contributed by atoms with Gasteiger partial charge in [-0.1, -0.05) is 53.9 Å². The quantitative estimate of drug-likeness (QED) is 0.307. The molecule has 4 rings (SSSR count). The molecule has 0 saturated heterocycles. The summed E-state index contributed by atoms with van der Waals surface area (Å²) < 4.78 is 35.6. The van der Waals surface area contributed by atoms with Crippen molar-refractivity contribution in [3.05, 3.63) is 86.9 Å². The Bertz CT molecular complexity index is 1500. The number of aliphatic hydroxyl groups excluding tert-OH is 1. The molecule has 12 heteroatoms. The standard InChI is InChI=1S/C29H32Cl3N3O5S/c1-18-14-35(19(2)17-36)29(37)23-5-4-6-26(33-41(38,39)22-10-8-21(30)9-11-22)28(23)40-27(18)16-34(3)15-20-7-12-24(31)25(32)13-20/h4-13,18-19,27,33,36H,14-17H2,1-3H3/t18-,19+,27-/m1/s1. The highest BCUT2D eigenvalue weighted by Crippen LogP contribution is 2.36. The van der Waals surface area contributed by atoms with Crippen molar-refractivity contribution in [1.82, 2.24) is 9.80 Å². The Kier molecular flexibility index (Phi) is 10.1. The highest BCUT2D eigenvalue weighted by Gasteiger charge is 2.35. The van der Waals surface area contributed by atoms with Gasteiger partial charge in [-0.05, 0) is 68.1 Å². The van der Waals surface area contributed by atoms with Crippen molar-refractivity contribution in [2.45, 2.75) is 37.4 Å². The van der Waals surface area contributed by atoms with Gasteiger partial charge in [0.1, 0.15) is 6.10 Å². The molecule has 1 amide bonds. The van der Waals surface area contributed by atoms with Gasteiger partial charge in [-0.15, -0.1) is 0 Å². The third-order valence-corrected chi connectivity index (χ3v) is 9.36. The average Bonchev–Trinajstić information content (AvgIpc) is 2.92. The van der Waals surface area contributed by atoms with Gasteiger partial charge in [0, 0.05) is 30.6 Å². The third-order valence-electron chi connectivity index (χ3n) is 6.99. The maximum absolute atomic E-state index is 13.7. The predicted molar refractivity (Wildman–Crippen MR) is 163 cm³/mol. The lowest BCUT2D eigenvalue weighted by Gasteiger charge is -2.38. The molecule has 1 heterocycles. The van der Waals surface area contributed by atoms with Crippen LogP contribution < -0.4 is 9.46 Å². The molecule has 0 spiro atoms. The van der Waals surface area contributed by atoms with E-state index >= 15 is 0 Å². The van der Waals surface area contributed by atoms with Gasteiger partial charge in [-0.3, -0.25) is 14.4 Å². The molecule has 3 atom stereocenters. The van der Waals surface area contributed by atoms with E-state index in [1.54, 1.807) is 36.1 Å². The van der Waals surface area contributed by atoms with Crippen molar-refractivity contribution in [3.63, 3.8) is 0 Å². The second-order valence-electron chi connectivity index (χ2n) is 10.3. The largest absolute Gasteiger partial charge is 0.486 e. The monoisotopic (exact) mass is 639 g/mol.